The topological polar surface area (TPSA) is 12.5 Å². The van der Waals surface area contributed by atoms with Crippen LogP contribution < -0.4 is 0 Å². The average Bonchev–Trinajstić information content (AvgIpc) is 2.57. The van der Waals surface area contributed by atoms with E-state index in [0.717, 1.165) is 26.1 Å². The molecule has 17 heavy (non-hydrogen) atoms. The summed E-state index contributed by atoms with van der Waals surface area (Å²) in [5.41, 5.74) is 0. The van der Waals surface area contributed by atoms with E-state index in [-0.39, 0.29) is 5.04 Å². The molecule has 0 aromatic heterocycles. The number of rotatable bonds is 5. The van der Waals surface area contributed by atoms with Crippen LogP contribution in [0.4, 0.5) is 4.39 Å². The summed E-state index contributed by atoms with van der Waals surface area (Å²) in [5, 5.41) is 0.282. The minimum Gasteiger partial charge on any atom is -0.417 e. The maximum atomic E-state index is 13.0. The van der Waals surface area contributed by atoms with Crippen molar-refractivity contribution in [3.63, 3.8) is 0 Å². The Hall–Kier alpha value is 0.0669. The molecule has 1 saturated heterocycles. The van der Waals surface area contributed by atoms with Crippen LogP contribution in [0.25, 0.3) is 0 Å². The van der Waals surface area contributed by atoms with Gasteiger partial charge in [0.05, 0.1) is 0 Å². The van der Waals surface area contributed by atoms with Gasteiger partial charge < -0.3 is 9.33 Å². The van der Waals surface area contributed by atoms with E-state index in [0.29, 0.717) is 13.0 Å². The Morgan fingerprint density at radius 1 is 1.35 bits per heavy atom. The van der Waals surface area contributed by atoms with Gasteiger partial charge in [0, 0.05) is 26.2 Å². The summed E-state index contributed by atoms with van der Waals surface area (Å²) in [5.74, 6) is 0. The summed E-state index contributed by atoms with van der Waals surface area (Å²) in [6.07, 6.45) is 1.14. The zero-order valence-electron chi connectivity index (χ0n) is 12.1. The van der Waals surface area contributed by atoms with E-state index in [1.165, 1.54) is 0 Å². The first kappa shape index (κ1) is 15.1. The van der Waals surface area contributed by atoms with E-state index in [4.69, 9.17) is 4.43 Å². The molecule has 1 fully saturated rings. The second kappa shape index (κ2) is 5.80. The van der Waals surface area contributed by atoms with E-state index < -0.39 is 14.5 Å². The molecule has 1 aliphatic rings. The van der Waals surface area contributed by atoms with E-state index in [1.54, 1.807) is 0 Å². The van der Waals surface area contributed by atoms with Crippen molar-refractivity contribution >= 4 is 8.32 Å². The highest BCUT2D eigenvalue weighted by atomic mass is 28.4. The number of hydrogen-bond donors (Lipinski definition) is 0. The van der Waals surface area contributed by atoms with Gasteiger partial charge in [0.2, 0.25) is 0 Å². The molecule has 0 aromatic rings. The van der Waals surface area contributed by atoms with Crippen LogP contribution >= 0.6 is 0 Å². The van der Waals surface area contributed by atoms with E-state index >= 15 is 0 Å². The Bertz CT molecular complexity index is 240. The van der Waals surface area contributed by atoms with Crippen LogP contribution in [0.15, 0.2) is 0 Å². The average molecular weight is 261 g/mol. The predicted octanol–water partition coefficient (Wildman–Crippen LogP) is 3.44. The lowest BCUT2D eigenvalue weighted by molar-refractivity contribution is 0.237. The van der Waals surface area contributed by atoms with Crippen molar-refractivity contribution in [2.45, 2.75) is 57.9 Å². The number of nitrogens with zero attached hydrogens (tertiary/aromatic N) is 1. The second-order valence-corrected chi connectivity index (χ2v) is 11.5. The van der Waals surface area contributed by atoms with Crippen molar-refractivity contribution in [2.24, 2.45) is 0 Å². The van der Waals surface area contributed by atoms with Crippen molar-refractivity contribution in [1.82, 2.24) is 4.90 Å². The largest absolute Gasteiger partial charge is 0.417 e. The molecule has 0 saturated carbocycles. The number of halogens is 1. The van der Waals surface area contributed by atoms with Crippen molar-refractivity contribution in [3.8, 4) is 0 Å². The molecule has 1 atom stereocenters. The van der Waals surface area contributed by atoms with Gasteiger partial charge in [-0.05, 0) is 31.0 Å². The molecule has 0 amide bonds. The molecule has 1 rings (SSSR count). The summed E-state index contributed by atoms with van der Waals surface area (Å²) in [7, 11) is -1.59. The lowest BCUT2D eigenvalue weighted by atomic mass is 10.2. The van der Waals surface area contributed by atoms with Gasteiger partial charge in [-0.3, -0.25) is 0 Å². The van der Waals surface area contributed by atoms with Crippen molar-refractivity contribution < 1.29 is 8.82 Å². The predicted molar refractivity (Wildman–Crippen MR) is 73.7 cm³/mol. The summed E-state index contributed by atoms with van der Waals surface area (Å²) < 4.78 is 19.1. The van der Waals surface area contributed by atoms with E-state index in [2.05, 4.69) is 38.8 Å². The Labute approximate surface area is 107 Å². The number of alkyl halides is 1. The van der Waals surface area contributed by atoms with Gasteiger partial charge in [-0.2, -0.15) is 0 Å². The molecule has 0 bridgehead atoms. The van der Waals surface area contributed by atoms with Gasteiger partial charge in [-0.25, -0.2) is 4.39 Å². The Kier molecular flexibility index (Phi) is 5.16. The molecule has 1 aliphatic heterocycles. The number of hydrogen-bond acceptors (Lipinski definition) is 2. The summed E-state index contributed by atoms with van der Waals surface area (Å²) in [4.78, 5) is 2.21. The van der Waals surface area contributed by atoms with Crippen LogP contribution in [0, 0.1) is 0 Å². The van der Waals surface area contributed by atoms with Gasteiger partial charge in [0.25, 0.3) is 0 Å². The smallest absolute Gasteiger partial charge is 0.191 e. The molecule has 1 unspecified atom stereocenters. The third-order valence-electron chi connectivity index (χ3n) is 4.10. The molecule has 1 heterocycles. The molecular formula is C13H28FNOSi. The lowest BCUT2D eigenvalue weighted by Crippen LogP contribution is -2.41. The fourth-order valence-corrected chi connectivity index (χ4v) is 2.91. The quantitative estimate of drug-likeness (QED) is 0.555. The lowest BCUT2D eigenvalue weighted by Gasteiger charge is -2.36. The van der Waals surface area contributed by atoms with Gasteiger partial charge in [0.15, 0.2) is 8.32 Å². The maximum Gasteiger partial charge on any atom is 0.191 e. The van der Waals surface area contributed by atoms with E-state index in [1.807, 2.05) is 0 Å². The van der Waals surface area contributed by atoms with Crippen LogP contribution in [0.2, 0.25) is 18.1 Å². The molecule has 0 aliphatic carbocycles. The van der Waals surface area contributed by atoms with Crippen LogP contribution in [-0.4, -0.2) is 45.6 Å². The third kappa shape index (κ3) is 4.68. The monoisotopic (exact) mass is 261 g/mol. The fourth-order valence-electron chi connectivity index (χ4n) is 1.82. The fraction of sp³-hybridized carbons (Fsp3) is 1.00. The minimum absolute atomic E-state index is 0.282. The van der Waals surface area contributed by atoms with Crippen LogP contribution in [-0.2, 0) is 4.43 Å². The second-order valence-electron chi connectivity index (χ2n) is 6.65. The SMILES string of the molecule is CC(C)(C)[Si](C)(C)OCCCN1CCC(F)C1. The van der Waals surface area contributed by atoms with Crippen LogP contribution in [0.1, 0.15) is 33.6 Å². The molecule has 0 aromatic carbocycles. The Morgan fingerprint density at radius 2 is 2.00 bits per heavy atom. The normalized spacial score (nSPS) is 23.3. The minimum atomic E-state index is -1.59. The molecular weight excluding hydrogens is 233 g/mol. The summed E-state index contributed by atoms with van der Waals surface area (Å²) in [6.45, 7) is 14.7. The molecule has 0 spiro atoms. The first-order valence-corrected chi connectivity index (χ1v) is 9.63. The highest BCUT2D eigenvalue weighted by Gasteiger charge is 2.36. The Morgan fingerprint density at radius 3 is 2.47 bits per heavy atom. The van der Waals surface area contributed by atoms with Gasteiger partial charge in [-0.15, -0.1) is 0 Å². The summed E-state index contributed by atoms with van der Waals surface area (Å²) in [6, 6.07) is 0. The first-order valence-electron chi connectivity index (χ1n) is 6.73. The zero-order valence-corrected chi connectivity index (χ0v) is 13.1. The highest BCUT2D eigenvalue weighted by Crippen LogP contribution is 2.36. The summed E-state index contributed by atoms with van der Waals surface area (Å²) >= 11 is 0. The van der Waals surface area contributed by atoms with Gasteiger partial charge >= 0.3 is 0 Å². The third-order valence-corrected chi connectivity index (χ3v) is 8.64. The molecule has 102 valence electrons. The molecule has 2 nitrogen and oxygen atoms in total. The molecule has 4 heteroatoms. The zero-order chi connectivity index (χ0) is 13.1. The first-order chi connectivity index (χ1) is 7.72. The van der Waals surface area contributed by atoms with Crippen LogP contribution in [0.3, 0.4) is 0 Å². The van der Waals surface area contributed by atoms with Crippen LogP contribution in [0.5, 0.6) is 0 Å². The molecule has 0 N–H and O–H groups in total. The van der Waals surface area contributed by atoms with Gasteiger partial charge in [-0.1, -0.05) is 20.8 Å². The van der Waals surface area contributed by atoms with E-state index in [9.17, 15) is 4.39 Å². The van der Waals surface area contributed by atoms with Gasteiger partial charge in [0.1, 0.15) is 6.17 Å². The van der Waals surface area contributed by atoms with Crippen molar-refractivity contribution in [1.29, 1.82) is 0 Å². The highest BCUT2D eigenvalue weighted by molar-refractivity contribution is 6.74. The van der Waals surface area contributed by atoms with Crippen molar-refractivity contribution in [2.75, 3.05) is 26.2 Å². The van der Waals surface area contributed by atoms with Crippen molar-refractivity contribution in [3.05, 3.63) is 0 Å². The maximum absolute atomic E-state index is 13.0. The number of likely N-dealkylation sites (tertiary alicyclic amines) is 1. The molecule has 0 radical (unpaired) electrons. The standard InChI is InChI=1S/C13H28FNOSi/c1-13(2,3)17(4,5)16-10-6-8-15-9-7-12(14)11-15/h12H,6-11H2,1-5H3. The Balaban J connectivity index is 2.16.